The molecule has 0 saturated heterocycles. The van der Waals surface area contributed by atoms with Gasteiger partial charge in [0, 0.05) is 6.42 Å². The van der Waals surface area contributed by atoms with Gasteiger partial charge in [0.05, 0.1) is 22.4 Å². The van der Waals surface area contributed by atoms with Crippen molar-refractivity contribution in [3.63, 3.8) is 0 Å². The molecule has 6 nitrogen and oxygen atoms in total. The Morgan fingerprint density at radius 3 is 2.48 bits per heavy atom. The predicted octanol–water partition coefficient (Wildman–Crippen LogP) is 3.89. The molecule has 29 heavy (non-hydrogen) atoms. The number of nitrogens with zero attached hydrogens (tertiary/aromatic N) is 1. The number of carboxylic acids is 1. The Labute approximate surface area is 175 Å². The standard InChI is InChI=1S/C22H31NO5S/c24-17(22-23-16-8-5-6-9-20(16)29-22)12-11-15-14(18(25)13-19(15)26)7-3-1-2-4-10-21(27)28/h5-6,8-9,14-15,17-19,24-26H,1-4,7,10-13H2,(H,27,28). The van der Waals surface area contributed by atoms with Crippen LogP contribution in [0.1, 0.15) is 68.9 Å². The van der Waals surface area contributed by atoms with Gasteiger partial charge in [0.15, 0.2) is 0 Å². The zero-order chi connectivity index (χ0) is 20.8. The Morgan fingerprint density at radius 2 is 1.76 bits per heavy atom. The number of rotatable bonds is 11. The van der Waals surface area contributed by atoms with Gasteiger partial charge in [0.2, 0.25) is 0 Å². The lowest BCUT2D eigenvalue weighted by atomic mass is 9.85. The molecule has 3 rings (SSSR count). The number of hydrogen-bond acceptors (Lipinski definition) is 6. The third kappa shape index (κ3) is 5.98. The average Bonchev–Trinajstić information content (AvgIpc) is 3.23. The Balaban J connectivity index is 1.48. The van der Waals surface area contributed by atoms with Crippen molar-refractivity contribution in [3.8, 4) is 0 Å². The summed E-state index contributed by atoms with van der Waals surface area (Å²) in [5.41, 5.74) is 0.892. The van der Waals surface area contributed by atoms with Crippen LogP contribution in [0.5, 0.6) is 0 Å². The number of aliphatic hydroxyl groups excluding tert-OH is 3. The van der Waals surface area contributed by atoms with E-state index in [0.29, 0.717) is 30.7 Å². The van der Waals surface area contributed by atoms with Gasteiger partial charge in [-0.2, -0.15) is 0 Å². The number of thiazole rings is 1. The van der Waals surface area contributed by atoms with Crippen LogP contribution in [0.2, 0.25) is 0 Å². The monoisotopic (exact) mass is 421 g/mol. The second-order valence-corrected chi connectivity index (χ2v) is 9.22. The molecule has 0 bridgehead atoms. The molecule has 5 atom stereocenters. The normalized spacial score (nSPS) is 25.5. The van der Waals surface area contributed by atoms with E-state index in [2.05, 4.69) is 4.98 Å². The fourth-order valence-electron chi connectivity index (χ4n) is 4.50. The van der Waals surface area contributed by atoms with E-state index in [9.17, 15) is 20.1 Å². The average molecular weight is 422 g/mol. The van der Waals surface area contributed by atoms with E-state index in [4.69, 9.17) is 5.11 Å². The summed E-state index contributed by atoms with van der Waals surface area (Å²) in [6.07, 6.45) is 4.31. The molecule has 1 aromatic heterocycles. The zero-order valence-corrected chi connectivity index (χ0v) is 17.4. The van der Waals surface area contributed by atoms with Crippen LogP contribution in [0, 0.1) is 11.8 Å². The number of para-hydroxylation sites is 1. The van der Waals surface area contributed by atoms with Crippen molar-refractivity contribution in [1.82, 2.24) is 4.98 Å². The molecular formula is C22H31NO5S. The van der Waals surface area contributed by atoms with Crippen molar-refractivity contribution in [2.75, 3.05) is 0 Å². The lowest BCUT2D eigenvalue weighted by Crippen LogP contribution is -2.23. The molecule has 160 valence electrons. The lowest BCUT2D eigenvalue weighted by Gasteiger charge is -2.24. The molecule has 1 aromatic carbocycles. The number of hydrogen-bond donors (Lipinski definition) is 4. The Bertz CT molecular complexity index is 761. The highest BCUT2D eigenvalue weighted by Crippen LogP contribution is 2.40. The highest BCUT2D eigenvalue weighted by atomic mass is 32.1. The van der Waals surface area contributed by atoms with E-state index in [0.717, 1.165) is 35.9 Å². The van der Waals surface area contributed by atoms with Crippen LogP contribution in [0.3, 0.4) is 0 Å². The van der Waals surface area contributed by atoms with Crippen LogP contribution in [0.15, 0.2) is 24.3 Å². The largest absolute Gasteiger partial charge is 0.481 e. The molecule has 1 saturated carbocycles. The quantitative estimate of drug-likeness (QED) is 0.410. The molecule has 1 fully saturated rings. The fourth-order valence-corrected chi connectivity index (χ4v) is 5.48. The van der Waals surface area contributed by atoms with E-state index in [1.54, 1.807) is 0 Å². The van der Waals surface area contributed by atoms with Crippen molar-refractivity contribution >= 4 is 27.5 Å². The smallest absolute Gasteiger partial charge is 0.303 e. The summed E-state index contributed by atoms with van der Waals surface area (Å²) >= 11 is 1.50. The van der Waals surface area contributed by atoms with Gasteiger partial charge in [-0.05, 0) is 56.1 Å². The first-order valence-corrected chi connectivity index (χ1v) is 11.4. The van der Waals surface area contributed by atoms with Crippen LogP contribution in [-0.2, 0) is 4.79 Å². The first-order valence-electron chi connectivity index (χ1n) is 10.6. The zero-order valence-electron chi connectivity index (χ0n) is 16.6. The molecule has 1 aliphatic rings. The highest BCUT2D eigenvalue weighted by Gasteiger charge is 2.41. The van der Waals surface area contributed by atoms with E-state index in [1.807, 2.05) is 24.3 Å². The molecule has 1 aliphatic carbocycles. The second kappa shape index (κ2) is 10.5. The molecule has 2 aromatic rings. The van der Waals surface area contributed by atoms with Gasteiger partial charge < -0.3 is 20.4 Å². The van der Waals surface area contributed by atoms with Crippen LogP contribution in [0.4, 0.5) is 0 Å². The first kappa shape index (κ1) is 22.2. The Kier molecular flexibility index (Phi) is 8.00. The lowest BCUT2D eigenvalue weighted by molar-refractivity contribution is -0.137. The molecular weight excluding hydrogens is 390 g/mol. The molecule has 7 heteroatoms. The number of aromatic nitrogens is 1. The van der Waals surface area contributed by atoms with Crippen LogP contribution in [-0.4, -0.2) is 43.6 Å². The molecule has 5 unspecified atom stereocenters. The SMILES string of the molecule is O=C(O)CCCCCCC1C(O)CC(O)C1CCC(O)c1nc2ccccc2s1. The van der Waals surface area contributed by atoms with Crippen molar-refractivity contribution in [2.45, 2.75) is 76.1 Å². The molecule has 0 spiro atoms. The van der Waals surface area contributed by atoms with Crippen LogP contribution < -0.4 is 0 Å². The number of carbonyl (C=O) groups is 1. The first-order chi connectivity index (χ1) is 14.0. The Morgan fingerprint density at radius 1 is 1.07 bits per heavy atom. The third-order valence-corrected chi connectivity index (χ3v) is 7.21. The van der Waals surface area contributed by atoms with E-state index >= 15 is 0 Å². The van der Waals surface area contributed by atoms with Gasteiger partial charge in [0.25, 0.3) is 0 Å². The van der Waals surface area contributed by atoms with Gasteiger partial charge >= 0.3 is 5.97 Å². The minimum absolute atomic E-state index is 0.0203. The molecule has 0 amide bonds. The fraction of sp³-hybridized carbons (Fsp3) is 0.636. The maximum absolute atomic E-state index is 10.6. The third-order valence-electron chi connectivity index (χ3n) is 6.07. The van der Waals surface area contributed by atoms with Gasteiger partial charge in [-0.3, -0.25) is 4.79 Å². The molecule has 1 heterocycles. The van der Waals surface area contributed by atoms with Crippen LogP contribution >= 0.6 is 11.3 Å². The molecule has 4 N–H and O–H groups in total. The molecule has 0 radical (unpaired) electrons. The number of benzene rings is 1. The maximum atomic E-state index is 10.6. The Hall–Kier alpha value is -1.54. The van der Waals surface area contributed by atoms with Crippen molar-refractivity contribution in [1.29, 1.82) is 0 Å². The minimum Gasteiger partial charge on any atom is -0.481 e. The highest BCUT2D eigenvalue weighted by molar-refractivity contribution is 7.18. The van der Waals surface area contributed by atoms with Crippen molar-refractivity contribution in [2.24, 2.45) is 11.8 Å². The summed E-state index contributed by atoms with van der Waals surface area (Å²) in [6.45, 7) is 0. The second-order valence-electron chi connectivity index (χ2n) is 8.16. The predicted molar refractivity (Wildman–Crippen MR) is 113 cm³/mol. The number of aliphatic carboxylic acids is 1. The molecule has 0 aliphatic heterocycles. The van der Waals surface area contributed by atoms with E-state index < -0.39 is 24.3 Å². The van der Waals surface area contributed by atoms with Gasteiger partial charge in [-0.1, -0.05) is 31.4 Å². The van der Waals surface area contributed by atoms with Crippen molar-refractivity contribution in [3.05, 3.63) is 29.3 Å². The van der Waals surface area contributed by atoms with Crippen LogP contribution in [0.25, 0.3) is 10.2 Å². The summed E-state index contributed by atoms with van der Waals surface area (Å²) in [5.74, 6) is -0.744. The summed E-state index contributed by atoms with van der Waals surface area (Å²) in [4.78, 5) is 15.1. The summed E-state index contributed by atoms with van der Waals surface area (Å²) in [6, 6.07) is 7.82. The van der Waals surface area contributed by atoms with E-state index in [-0.39, 0.29) is 18.3 Å². The van der Waals surface area contributed by atoms with Gasteiger partial charge in [-0.15, -0.1) is 11.3 Å². The topological polar surface area (TPSA) is 111 Å². The summed E-state index contributed by atoms with van der Waals surface area (Å²) in [7, 11) is 0. The van der Waals surface area contributed by atoms with Crippen molar-refractivity contribution < 1.29 is 25.2 Å². The van der Waals surface area contributed by atoms with E-state index in [1.165, 1.54) is 11.3 Å². The van der Waals surface area contributed by atoms with Gasteiger partial charge in [0.1, 0.15) is 11.1 Å². The summed E-state index contributed by atoms with van der Waals surface area (Å²) < 4.78 is 1.05. The minimum atomic E-state index is -0.758. The number of fused-ring (bicyclic) bond motifs is 1. The number of carboxylic acid groups (broad SMARTS) is 1. The number of aliphatic hydroxyl groups is 3. The maximum Gasteiger partial charge on any atom is 0.303 e. The summed E-state index contributed by atoms with van der Waals surface area (Å²) in [5, 5.41) is 40.8. The van der Waals surface area contributed by atoms with Gasteiger partial charge in [-0.25, -0.2) is 4.98 Å². The number of unbranched alkanes of at least 4 members (excludes halogenated alkanes) is 3.